The summed E-state index contributed by atoms with van der Waals surface area (Å²) in [6.45, 7) is 0.0661. The van der Waals surface area contributed by atoms with E-state index in [9.17, 15) is 8.42 Å². The summed E-state index contributed by atoms with van der Waals surface area (Å²) in [6.07, 6.45) is 0.466. The summed E-state index contributed by atoms with van der Waals surface area (Å²) in [6, 6.07) is 8.18. The molecule has 0 aliphatic carbocycles. The highest BCUT2D eigenvalue weighted by Gasteiger charge is 2.16. The van der Waals surface area contributed by atoms with Gasteiger partial charge in [0.2, 0.25) is 10.0 Å². The van der Waals surface area contributed by atoms with Crippen LogP contribution in [0.15, 0.2) is 34.5 Å². The van der Waals surface area contributed by atoms with Gasteiger partial charge in [-0.05, 0) is 36.2 Å². The Labute approximate surface area is 137 Å². The summed E-state index contributed by atoms with van der Waals surface area (Å²) in [5, 5.41) is 10.0. The normalized spacial score (nSPS) is 11.8. The van der Waals surface area contributed by atoms with Crippen molar-refractivity contribution >= 4 is 44.6 Å². The van der Waals surface area contributed by atoms with E-state index in [0.717, 1.165) is 16.9 Å². The number of sulfonamides is 1. The van der Waals surface area contributed by atoms with Crippen LogP contribution in [-0.2, 0) is 23.1 Å². The fraction of sp³-hybridized carbons (Fsp3) is 0.231. The van der Waals surface area contributed by atoms with Crippen LogP contribution in [0.25, 0.3) is 0 Å². The van der Waals surface area contributed by atoms with E-state index >= 15 is 0 Å². The average Bonchev–Trinajstić information content (AvgIpc) is 2.91. The van der Waals surface area contributed by atoms with Gasteiger partial charge in [0.05, 0.1) is 6.61 Å². The zero-order valence-corrected chi connectivity index (χ0v) is 14.0. The number of hydrogen-bond donors (Lipinski definition) is 2. The van der Waals surface area contributed by atoms with Crippen LogP contribution in [0.4, 0.5) is 0 Å². The maximum atomic E-state index is 12.1. The van der Waals surface area contributed by atoms with E-state index in [4.69, 9.17) is 28.3 Å². The van der Waals surface area contributed by atoms with Crippen LogP contribution in [0.1, 0.15) is 10.4 Å². The second-order valence-corrected chi connectivity index (χ2v) is 8.27. The van der Waals surface area contributed by atoms with Crippen molar-refractivity contribution in [1.82, 2.24) is 4.72 Å². The molecule has 8 heteroatoms. The molecule has 1 aromatic carbocycles. The summed E-state index contributed by atoms with van der Waals surface area (Å²) in [5.41, 5.74) is 0.825. The van der Waals surface area contributed by atoms with Crippen molar-refractivity contribution in [1.29, 1.82) is 0 Å². The molecular formula is C13H13Cl2NO3S2. The lowest BCUT2D eigenvalue weighted by Gasteiger charge is -2.06. The molecular weight excluding hydrogens is 353 g/mol. The zero-order chi connectivity index (χ0) is 15.5. The summed E-state index contributed by atoms with van der Waals surface area (Å²) in [4.78, 5) is 0.608. The van der Waals surface area contributed by atoms with E-state index in [1.165, 1.54) is 6.07 Å². The Balaban J connectivity index is 1.99. The molecule has 0 spiro atoms. The quantitative estimate of drug-likeness (QED) is 0.826. The highest BCUT2D eigenvalue weighted by atomic mass is 35.5. The Morgan fingerprint density at radius 3 is 2.57 bits per heavy atom. The number of hydrogen-bond acceptors (Lipinski definition) is 4. The Morgan fingerprint density at radius 1 is 1.19 bits per heavy atom. The molecule has 0 atom stereocenters. The number of halogens is 2. The minimum atomic E-state index is -3.55. The molecule has 0 saturated heterocycles. The highest BCUT2D eigenvalue weighted by Crippen LogP contribution is 2.23. The van der Waals surface area contributed by atoms with Crippen LogP contribution >= 0.6 is 34.5 Å². The maximum Gasteiger partial charge on any atom is 0.250 e. The molecule has 1 aromatic heterocycles. The van der Waals surface area contributed by atoms with Crippen molar-refractivity contribution in [3.63, 3.8) is 0 Å². The molecule has 0 aliphatic heterocycles. The number of thiophene rings is 1. The number of nitrogens with one attached hydrogen (secondary N) is 1. The second kappa shape index (κ2) is 7.09. The molecule has 0 fully saturated rings. The third-order valence-corrected chi connectivity index (χ3v) is 6.37. The maximum absolute atomic E-state index is 12.1. The molecule has 0 radical (unpaired) electrons. The highest BCUT2D eigenvalue weighted by molar-refractivity contribution is 7.91. The Morgan fingerprint density at radius 2 is 1.95 bits per heavy atom. The lowest BCUT2D eigenvalue weighted by molar-refractivity contribution is 0.285. The van der Waals surface area contributed by atoms with E-state index < -0.39 is 10.0 Å². The minimum absolute atomic E-state index is 0.166. The van der Waals surface area contributed by atoms with Gasteiger partial charge in [-0.2, -0.15) is 0 Å². The number of rotatable bonds is 6. The number of aliphatic hydroxyl groups is 1. The molecule has 2 N–H and O–H groups in total. The van der Waals surface area contributed by atoms with E-state index in [-0.39, 0.29) is 17.4 Å². The van der Waals surface area contributed by atoms with Gasteiger partial charge in [0.15, 0.2) is 0 Å². The predicted molar refractivity (Wildman–Crippen MR) is 85.6 cm³/mol. The van der Waals surface area contributed by atoms with Crippen LogP contribution < -0.4 is 4.72 Å². The zero-order valence-electron chi connectivity index (χ0n) is 10.8. The van der Waals surface area contributed by atoms with Crippen molar-refractivity contribution in [2.24, 2.45) is 0 Å². The van der Waals surface area contributed by atoms with E-state index in [0.29, 0.717) is 21.3 Å². The topological polar surface area (TPSA) is 66.4 Å². The molecule has 0 amide bonds. The van der Waals surface area contributed by atoms with Crippen LogP contribution in [-0.4, -0.2) is 20.1 Å². The first-order valence-electron chi connectivity index (χ1n) is 6.05. The van der Waals surface area contributed by atoms with E-state index in [1.807, 2.05) is 0 Å². The van der Waals surface area contributed by atoms with Crippen molar-refractivity contribution in [3.05, 3.63) is 50.8 Å². The van der Waals surface area contributed by atoms with Gasteiger partial charge in [-0.3, -0.25) is 0 Å². The van der Waals surface area contributed by atoms with Crippen molar-refractivity contribution in [2.45, 2.75) is 17.2 Å². The van der Waals surface area contributed by atoms with Gasteiger partial charge in [0.25, 0.3) is 0 Å². The second-order valence-electron chi connectivity index (χ2n) is 4.26. The van der Waals surface area contributed by atoms with E-state index in [1.54, 1.807) is 24.3 Å². The number of benzene rings is 1. The lowest BCUT2D eigenvalue weighted by Crippen LogP contribution is -2.25. The first-order valence-corrected chi connectivity index (χ1v) is 9.11. The molecule has 2 aromatic rings. The summed E-state index contributed by atoms with van der Waals surface area (Å²) < 4.78 is 26.8. The molecule has 21 heavy (non-hydrogen) atoms. The van der Waals surface area contributed by atoms with Gasteiger partial charge in [-0.1, -0.05) is 29.3 Å². The van der Waals surface area contributed by atoms with Gasteiger partial charge in [0, 0.05) is 21.5 Å². The minimum Gasteiger partial charge on any atom is -0.391 e. The van der Waals surface area contributed by atoms with Crippen molar-refractivity contribution < 1.29 is 13.5 Å². The molecule has 0 saturated carbocycles. The summed E-state index contributed by atoms with van der Waals surface area (Å²) >= 11 is 12.9. The van der Waals surface area contributed by atoms with E-state index in [2.05, 4.69) is 4.72 Å². The van der Waals surface area contributed by atoms with Gasteiger partial charge in [-0.25, -0.2) is 13.1 Å². The van der Waals surface area contributed by atoms with Gasteiger partial charge >= 0.3 is 0 Å². The van der Waals surface area contributed by atoms with Crippen molar-refractivity contribution in [3.8, 4) is 0 Å². The van der Waals surface area contributed by atoms with Crippen LogP contribution in [0, 0.1) is 0 Å². The predicted octanol–water partition coefficient (Wildman–Crippen LogP) is 3.07. The van der Waals surface area contributed by atoms with Gasteiger partial charge < -0.3 is 5.11 Å². The molecule has 1 heterocycles. The molecule has 0 unspecified atom stereocenters. The first-order chi connectivity index (χ1) is 9.92. The fourth-order valence-electron chi connectivity index (χ4n) is 1.70. The molecule has 4 nitrogen and oxygen atoms in total. The largest absolute Gasteiger partial charge is 0.391 e. The Hall–Kier alpha value is -0.630. The molecule has 0 bridgehead atoms. The van der Waals surface area contributed by atoms with Crippen molar-refractivity contribution in [2.75, 3.05) is 6.54 Å². The Kier molecular flexibility index (Phi) is 5.65. The number of aliphatic hydroxyl groups excluding tert-OH is 1. The molecule has 0 aliphatic rings. The summed E-state index contributed by atoms with van der Waals surface area (Å²) in [7, 11) is -3.55. The smallest absolute Gasteiger partial charge is 0.250 e. The monoisotopic (exact) mass is 365 g/mol. The third-order valence-electron chi connectivity index (χ3n) is 2.76. The SMILES string of the molecule is O=S(=O)(NCCc1ccc(Cl)cc1Cl)c1ccc(CO)s1. The van der Waals surface area contributed by atoms with Gasteiger partial charge in [-0.15, -0.1) is 11.3 Å². The third kappa shape index (κ3) is 4.42. The van der Waals surface area contributed by atoms with Crippen LogP contribution in [0.3, 0.4) is 0 Å². The van der Waals surface area contributed by atoms with Gasteiger partial charge in [0.1, 0.15) is 4.21 Å². The van der Waals surface area contributed by atoms with Crippen LogP contribution in [0.5, 0.6) is 0 Å². The average molecular weight is 366 g/mol. The van der Waals surface area contributed by atoms with Crippen LogP contribution in [0.2, 0.25) is 10.0 Å². The fourth-order valence-corrected chi connectivity index (χ4v) is 4.50. The summed E-state index contributed by atoms with van der Waals surface area (Å²) in [5.74, 6) is 0. The Bertz CT molecular complexity index is 729. The first kappa shape index (κ1) is 16.7. The molecule has 2 rings (SSSR count). The standard InChI is InChI=1S/C13H13Cl2NO3S2/c14-10-2-1-9(12(15)7-10)5-6-16-21(18,19)13-4-3-11(8-17)20-13/h1-4,7,16-17H,5-6,8H2. The lowest BCUT2D eigenvalue weighted by atomic mass is 10.1. The molecule has 114 valence electrons.